The maximum Gasteiger partial charge on any atom is 0.329 e. The van der Waals surface area contributed by atoms with Gasteiger partial charge in [0.05, 0.1) is 34.3 Å². The molecule has 0 bridgehead atoms. The summed E-state index contributed by atoms with van der Waals surface area (Å²) >= 11 is 0. The second-order valence-corrected chi connectivity index (χ2v) is 14.8. The van der Waals surface area contributed by atoms with E-state index in [1.165, 1.54) is 0 Å². The van der Waals surface area contributed by atoms with Gasteiger partial charge < -0.3 is 20.4 Å². The predicted octanol–water partition coefficient (Wildman–Crippen LogP) is 2.15. The van der Waals surface area contributed by atoms with E-state index in [2.05, 4.69) is 41.7 Å². The van der Waals surface area contributed by atoms with Crippen LogP contribution in [0.1, 0.15) is 55.1 Å². The van der Waals surface area contributed by atoms with Gasteiger partial charge in [-0.3, -0.25) is 33.7 Å². The van der Waals surface area contributed by atoms with Crippen molar-refractivity contribution in [1.29, 1.82) is 0 Å². The topological polar surface area (TPSA) is 167 Å². The van der Waals surface area contributed by atoms with Crippen LogP contribution in [0, 0.1) is 0 Å². The Morgan fingerprint density at radius 3 is 2.41 bits per heavy atom. The molecule has 280 valence electrons. The molecule has 4 aliphatic rings. The van der Waals surface area contributed by atoms with Gasteiger partial charge in [0.2, 0.25) is 11.8 Å². The third-order valence-corrected chi connectivity index (χ3v) is 11.4. The standard InChI is InChI=1S/C38H44N12O4/c1-39-27-21-26(44-50-31(22-40-35(27)50)37(53)41-23-9-10-23)25-5-3-8-32(42-25)48-19-17-46(18-20-48)24-13-15-47(16-14-24)28-6-4-7-29-34(28)45(2)38(54)49(29)30-11-12-33(51)43-36(30)52/h3-8,21-24,30,39H,9-20H2,1-2H3,(H,41,53)(H,43,51,52). The van der Waals surface area contributed by atoms with Crippen LogP contribution in [0.15, 0.2) is 53.5 Å². The number of piperazine rings is 1. The van der Waals surface area contributed by atoms with Crippen molar-refractivity contribution < 1.29 is 14.4 Å². The molecule has 1 aromatic carbocycles. The van der Waals surface area contributed by atoms with Crippen molar-refractivity contribution in [1.82, 2.24) is 44.2 Å². The molecule has 1 aliphatic carbocycles. The Morgan fingerprint density at radius 1 is 0.889 bits per heavy atom. The van der Waals surface area contributed by atoms with E-state index in [-0.39, 0.29) is 30.0 Å². The number of fused-ring (bicyclic) bond motifs is 2. The van der Waals surface area contributed by atoms with Crippen LogP contribution in [0.5, 0.6) is 0 Å². The van der Waals surface area contributed by atoms with Gasteiger partial charge in [-0.1, -0.05) is 12.1 Å². The van der Waals surface area contributed by atoms with Gasteiger partial charge in [-0.25, -0.2) is 19.3 Å². The summed E-state index contributed by atoms with van der Waals surface area (Å²) in [5, 5.41) is 13.5. The number of carbonyl (C=O) groups excluding carboxylic acids is 3. The predicted molar refractivity (Wildman–Crippen MR) is 204 cm³/mol. The average Bonchev–Trinajstić information content (AvgIpc) is 3.85. The van der Waals surface area contributed by atoms with Gasteiger partial charge in [0.1, 0.15) is 17.6 Å². The van der Waals surface area contributed by atoms with Crippen LogP contribution in [0.25, 0.3) is 28.1 Å². The SMILES string of the molecule is CNc1cc(-c2cccc(N3CCN(C4CCN(c5cccc6c5n(C)c(=O)n6C5CCC(=O)NC5=O)CC4)CC3)n2)nn2c(C(=O)NC3CC3)cnc12. The van der Waals surface area contributed by atoms with Gasteiger partial charge in [-0.15, -0.1) is 0 Å². The number of para-hydroxylation sites is 1. The number of piperidine rings is 2. The number of aromatic nitrogens is 6. The first-order valence-electron chi connectivity index (χ1n) is 18.9. The first-order chi connectivity index (χ1) is 26.3. The van der Waals surface area contributed by atoms with E-state index in [1.807, 2.05) is 43.4 Å². The zero-order valence-electron chi connectivity index (χ0n) is 30.5. The smallest absolute Gasteiger partial charge is 0.329 e. The number of benzene rings is 1. The Balaban J connectivity index is 0.862. The Hall–Kier alpha value is -5.77. The first kappa shape index (κ1) is 34.0. The summed E-state index contributed by atoms with van der Waals surface area (Å²) in [4.78, 5) is 67.7. The molecular formula is C38H44N12O4. The molecule has 3 aliphatic heterocycles. The number of hydrogen-bond donors (Lipinski definition) is 3. The minimum absolute atomic E-state index is 0.173. The molecule has 4 fully saturated rings. The second-order valence-electron chi connectivity index (χ2n) is 14.8. The molecule has 1 unspecified atom stereocenters. The lowest BCUT2D eigenvalue weighted by atomic mass is 10.0. The zero-order chi connectivity index (χ0) is 37.1. The van der Waals surface area contributed by atoms with Crippen LogP contribution in [-0.4, -0.2) is 110 Å². The van der Waals surface area contributed by atoms with Crippen molar-refractivity contribution in [3.63, 3.8) is 0 Å². The molecule has 16 heteroatoms. The molecule has 1 atom stereocenters. The van der Waals surface area contributed by atoms with Crippen molar-refractivity contribution >= 4 is 51.6 Å². The molecular weight excluding hydrogens is 688 g/mol. The molecule has 0 spiro atoms. The molecule has 54 heavy (non-hydrogen) atoms. The van der Waals surface area contributed by atoms with Crippen molar-refractivity contribution in [3.8, 4) is 11.4 Å². The fourth-order valence-corrected chi connectivity index (χ4v) is 8.35. The van der Waals surface area contributed by atoms with Gasteiger partial charge in [0, 0.05) is 71.9 Å². The number of carbonyl (C=O) groups is 3. The summed E-state index contributed by atoms with van der Waals surface area (Å²) in [5.74, 6) is 0.00293. The molecule has 5 aromatic rings. The van der Waals surface area contributed by atoms with Crippen molar-refractivity contribution in [2.24, 2.45) is 7.05 Å². The Kier molecular flexibility index (Phi) is 8.55. The van der Waals surface area contributed by atoms with E-state index in [9.17, 15) is 19.2 Å². The lowest BCUT2D eigenvalue weighted by Gasteiger charge is -2.43. The first-order valence-corrected chi connectivity index (χ1v) is 18.9. The molecule has 3 saturated heterocycles. The molecule has 7 heterocycles. The van der Waals surface area contributed by atoms with Gasteiger partial charge in [-0.2, -0.15) is 5.10 Å². The van der Waals surface area contributed by atoms with Gasteiger partial charge >= 0.3 is 5.69 Å². The minimum Gasteiger partial charge on any atom is -0.385 e. The molecule has 3 amide bonds. The van der Waals surface area contributed by atoms with Gasteiger partial charge in [0.25, 0.3) is 5.91 Å². The Bertz CT molecular complexity index is 2340. The fourth-order valence-electron chi connectivity index (χ4n) is 8.35. The van der Waals surface area contributed by atoms with Crippen LogP contribution in [0.2, 0.25) is 0 Å². The number of nitrogens with zero attached hydrogens (tertiary/aromatic N) is 9. The normalized spacial score (nSPS) is 20.1. The van der Waals surface area contributed by atoms with E-state index in [0.29, 0.717) is 35.0 Å². The highest BCUT2D eigenvalue weighted by Crippen LogP contribution is 2.33. The summed E-state index contributed by atoms with van der Waals surface area (Å²) < 4.78 is 4.80. The summed E-state index contributed by atoms with van der Waals surface area (Å²) in [6.45, 7) is 5.28. The summed E-state index contributed by atoms with van der Waals surface area (Å²) in [6.07, 6.45) is 6.11. The molecule has 0 radical (unpaired) electrons. The highest BCUT2D eigenvalue weighted by atomic mass is 16.2. The Labute approximate surface area is 311 Å². The van der Waals surface area contributed by atoms with Gasteiger partial charge in [-0.05, 0) is 62.4 Å². The number of imidazole rings is 2. The monoisotopic (exact) mass is 732 g/mol. The number of rotatable bonds is 8. The number of nitrogens with one attached hydrogen (secondary N) is 3. The quantitative estimate of drug-likeness (QED) is 0.200. The largest absolute Gasteiger partial charge is 0.385 e. The van der Waals surface area contributed by atoms with Crippen molar-refractivity contribution in [2.75, 3.05) is 61.4 Å². The van der Waals surface area contributed by atoms with Crippen LogP contribution < -0.4 is 31.4 Å². The third kappa shape index (κ3) is 6.03. The minimum atomic E-state index is -0.704. The van der Waals surface area contributed by atoms with Gasteiger partial charge in [0.15, 0.2) is 11.3 Å². The number of hydrogen-bond acceptors (Lipinski definition) is 11. The molecule has 1 saturated carbocycles. The maximum atomic E-state index is 13.5. The molecule has 9 rings (SSSR count). The van der Waals surface area contributed by atoms with E-state index in [1.54, 1.807) is 26.9 Å². The fraction of sp³-hybridized carbons (Fsp3) is 0.447. The highest BCUT2D eigenvalue weighted by molar-refractivity contribution is 6.00. The van der Waals surface area contributed by atoms with Crippen LogP contribution >= 0.6 is 0 Å². The molecule has 16 nitrogen and oxygen atoms in total. The van der Waals surface area contributed by atoms with E-state index in [0.717, 1.165) is 93.4 Å². The average molecular weight is 733 g/mol. The summed E-state index contributed by atoms with van der Waals surface area (Å²) in [6, 6.07) is 13.8. The number of imide groups is 1. The number of anilines is 3. The Morgan fingerprint density at radius 2 is 1.67 bits per heavy atom. The highest BCUT2D eigenvalue weighted by Gasteiger charge is 2.34. The van der Waals surface area contributed by atoms with Crippen LogP contribution in [0.4, 0.5) is 17.2 Å². The number of pyridine rings is 1. The molecule has 3 N–H and O–H groups in total. The maximum absolute atomic E-state index is 13.5. The third-order valence-electron chi connectivity index (χ3n) is 11.4. The zero-order valence-corrected chi connectivity index (χ0v) is 30.5. The summed E-state index contributed by atoms with van der Waals surface area (Å²) in [5.41, 5.74) is 5.41. The lowest BCUT2D eigenvalue weighted by Crippen LogP contribution is -2.53. The van der Waals surface area contributed by atoms with E-state index in [4.69, 9.17) is 10.1 Å². The van der Waals surface area contributed by atoms with E-state index < -0.39 is 11.9 Å². The van der Waals surface area contributed by atoms with Crippen molar-refractivity contribution in [3.05, 3.63) is 64.8 Å². The number of aryl methyl sites for hydroxylation is 1. The lowest BCUT2D eigenvalue weighted by molar-refractivity contribution is -0.135. The van der Waals surface area contributed by atoms with Crippen LogP contribution in [-0.2, 0) is 16.6 Å². The van der Waals surface area contributed by atoms with Crippen LogP contribution in [0.3, 0.4) is 0 Å². The van der Waals surface area contributed by atoms with Crippen molar-refractivity contribution in [2.45, 2.75) is 56.7 Å². The number of amides is 3. The van der Waals surface area contributed by atoms with E-state index >= 15 is 0 Å². The molecule has 4 aromatic heterocycles. The summed E-state index contributed by atoms with van der Waals surface area (Å²) in [7, 11) is 3.59. The second kappa shape index (κ2) is 13.6.